The van der Waals surface area contributed by atoms with Crippen LogP contribution in [0.25, 0.3) is 11.1 Å². The van der Waals surface area contributed by atoms with Gasteiger partial charge in [-0.25, -0.2) is 9.59 Å². The molecule has 0 aromatic heterocycles. The third kappa shape index (κ3) is 13.1. The molecule has 47 heavy (non-hydrogen) atoms. The first kappa shape index (κ1) is 37.2. The monoisotopic (exact) mass is 644 g/mol. The summed E-state index contributed by atoms with van der Waals surface area (Å²) in [6.07, 6.45) is 3.83. The van der Waals surface area contributed by atoms with Crippen molar-refractivity contribution in [1.29, 1.82) is 0 Å². The summed E-state index contributed by atoms with van der Waals surface area (Å²) in [5.41, 5.74) is 4.89. The second-order valence-electron chi connectivity index (χ2n) is 12.8. The molecule has 0 saturated carbocycles. The maximum Gasteiger partial charge on any atom is 0.513 e. The molecule has 1 amide bonds. The van der Waals surface area contributed by atoms with E-state index in [9.17, 15) is 9.59 Å². The van der Waals surface area contributed by atoms with Gasteiger partial charge in [-0.15, -0.1) is 0 Å². The molecule has 0 saturated heterocycles. The molecule has 0 unspecified atom stereocenters. The average Bonchev–Trinajstić information content (AvgIpc) is 3.03. The van der Waals surface area contributed by atoms with Crippen LogP contribution in [0.5, 0.6) is 11.5 Å². The van der Waals surface area contributed by atoms with Crippen molar-refractivity contribution < 1.29 is 28.5 Å². The lowest BCUT2D eigenvalue weighted by molar-refractivity contribution is 0.0278. The van der Waals surface area contributed by atoms with Crippen LogP contribution in [0, 0.1) is 0 Å². The molecule has 0 heterocycles. The van der Waals surface area contributed by atoms with Gasteiger partial charge in [-0.3, -0.25) is 0 Å². The SMILES string of the molecule is CC/C(=C(\c1ccc(OCCN(C)C(=O)OC(C)(C)C)cc1)c1ccc(OC(=O)OCCCCCCN(C)C)cc1)c1ccccc1. The van der Waals surface area contributed by atoms with Gasteiger partial charge in [-0.1, -0.05) is 74.4 Å². The number of rotatable bonds is 16. The highest BCUT2D eigenvalue weighted by atomic mass is 16.7. The van der Waals surface area contributed by atoms with E-state index in [1.165, 1.54) is 10.5 Å². The molecule has 0 radical (unpaired) electrons. The molecule has 3 aromatic rings. The molecule has 0 N–H and O–H groups in total. The Bertz CT molecular complexity index is 1410. The number of unbranched alkanes of at least 4 members (excludes halogenated alkanes) is 3. The number of amides is 1. The molecule has 0 bridgehead atoms. The number of likely N-dealkylation sites (N-methyl/N-ethyl adjacent to an activating group) is 1. The largest absolute Gasteiger partial charge is 0.513 e. The Kier molecular flexibility index (Phi) is 14.8. The summed E-state index contributed by atoms with van der Waals surface area (Å²) >= 11 is 0. The van der Waals surface area contributed by atoms with Crippen molar-refractivity contribution in [1.82, 2.24) is 9.80 Å². The number of nitrogens with zero attached hydrogens (tertiary/aromatic N) is 2. The van der Waals surface area contributed by atoms with Crippen LogP contribution in [-0.4, -0.2) is 75.1 Å². The zero-order chi connectivity index (χ0) is 34.2. The topological polar surface area (TPSA) is 77.5 Å². The van der Waals surface area contributed by atoms with Crippen molar-refractivity contribution in [2.45, 2.75) is 65.4 Å². The van der Waals surface area contributed by atoms with Crippen molar-refractivity contribution in [3.63, 3.8) is 0 Å². The molecule has 0 aliphatic heterocycles. The molecule has 254 valence electrons. The van der Waals surface area contributed by atoms with Crippen molar-refractivity contribution in [3.8, 4) is 11.5 Å². The number of carbonyl (C=O) groups is 2. The fourth-order valence-electron chi connectivity index (χ4n) is 4.98. The molecule has 3 rings (SSSR count). The second kappa shape index (κ2) is 18.7. The fourth-order valence-corrected chi connectivity index (χ4v) is 4.98. The van der Waals surface area contributed by atoms with Crippen LogP contribution in [0.2, 0.25) is 0 Å². The van der Waals surface area contributed by atoms with Crippen LogP contribution in [0.1, 0.15) is 76.5 Å². The van der Waals surface area contributed by atoms with Gasteiger partial charge in [0.1, 0.15) is 23.7 Å². The molecule has 0 spiro atoms. The van der Waals surface area contributed by atoms with Gasteiger partial charge in [-0.05, 0) is 113 Å². The smallest absolute Gasteiger partial charge is 0.492 e. The van der Waals surface area contributed by atoms with E-state index in [2.05, 4.69) is 38.1 Å². The molecular formula is C39H52N2O6. The predicted octanol–water partition coefficient (Wildman–Crippen LogP) is 8.94. The maximum absolute atomic E-state index is 12.3. The minimum atomic E-state index is -0.687. The van der Waals surface area contributed by atoms with Gasteiger partial charge in [-0.2, -0.15) is 0 Å². The van der Waals surface area contributed by atoms with E-state index < -0.39 is 11.8 Å². The lowest BCUT2D eigenvalue weighted by Gasteiger charge is -2.24. The number of ether oxygens (including phenoxy) is 4. The van der Waals surface area contributed by atoms with Crippen molar-refractivity contribution in [3.05, 3.63) is 95.6 Å². The Hall–Kier alpha value is -4.30. The average molecular weight is 645 g/mol. The predicted molar refractivity (Wildman–Crippen MR) is 189 cm³/mol. The van der Waals surface area contributed by atoms with E-state index in [4.69, 9.17) is 18.9 Å². The van der Waals surface area contributed by atoms with Crippen LogP contribution in [0.3, 0.4) is 0 Å². The molecule has 0 aliphatic rings. The van der Waals surface area contributed by atoms with Crippen LogP contribution in [0.15, 0.2) is 78.9 Å². The van der Waals surface area contributed by atoms with Crippen molar-refractivity contribution in [2.24, 2.45) is 0 Å². The number of benzene rings is 3. The second-order valence-corrected chi connectivity index (χ2v) is 12.8. The molecule has 0 aliphatic carbocycles. The van der Waals surface area contributed by atoms with Crippen LogP contribution < -0.4 is 9.47 Å². The summed E-state index contributed by atoms with van der Waals surface area (Å²) in [6, 6.07) is 25.8. The first-order chi connectivity index (χ1) is 22.5. The zero-order valence-electron chi connectivity index (χ0n) is 29.2. The Morgan fingerprint density at radius 3 is 1.85 bits per heavy atom. The van der Waals surface area contributed by atoms with Gasteiger partial charge in [0.05, 0.1) is 13.2 Å². The quantitative estimate of drug-likeness (QED) is 0.0667. The molecule has 0 fully saturated rings. The van der Waals surface area contributed by atoms with E-state index in [0.717, 1.165) is 60.9 Å². The summed E-state index contributed by atoms with van der Waals surface area (Å²) in [5, 5.41) is 0. The lowest BCUT2D eigenvalue weighted by atomic mass is 9.88. The first-order valence-electron chi connectivity index (χ1n) is 16.5. The van der Waals surface area contributed by atoms with Gasteiger partial charge in [0.2, 0.25) is 0 Å². The Balaban J connectivity index is 1.69. The van der Waals surface area contributed by atoms with Gasteiger partial charge in [0, 0.05) is 7.05 Å². The Morgan fingerprint density at radius 1 is 0.681 bits per heavy atom. The van der Waals surface area contributed by atoms with Crippen LogP contribution in [0.4, 0.5) is 9.59 Å². The maximum atomic E-state index is 12.3. The van der Waals surface area contributed by atoms with Crippen molar-refractivity contribution >= 4 is 23.4 Å². The molecule has 3 aromatic carbocycles. The summed E-state index contributed by atoms with van der Waals surface area (Å²) in [4.78, 5) is 28.2. The highest BCUT2D eigenvalue weighted by Gasteiger charge is 2.19. The first-order valence-corrected chi connectivity index (χ1v) is 16.5. The lowest BCUT2D eigenvalue weighted by Crippen LogP contribution is -2.36. The third-order valence-electron chi connectivity index (χ3n) is 7.38. The van der Waals surface area contributed by atoms with Gasteiger partial charge in [0.15, 0.2) is 0 Å². The summed E-state index contributed by atoms with van der Waals surface area (Å²) < 4.78 is 22.1. The minimum absolute atomic E-state index is 0.336. The van der Waals surface area contributed by atoms with E-state index in [0.29, 0.717) is 31.3 Å². The third-order valence-corrected chi connectivity index (χ3v) is 7.38. The summed E-state index contributed by atoms with van der Waals surface area (Å²) in [5.74, 6) is 1.14. The van der Waals surface area contributed by atoms with Crippen LogP contribution >= 0.6 is 0 Å². The number of hydrogen-bond donors (Lipinski definition) is 0. The standard InChI is InChI=1S/C39H52N2O6/c1-8-35(30-16-12-11-13-17-30)36(31-18-22-33(23-19-31)44-29-27-41(7)37(42)47-39(2,3)4)32-20-24-34(25-21-32)46-38(43)45-28-15-10-9-14-26-40(5)6/h11-13,16-25H,8-10,14-15,26-29H2,1-7H3/b36-35-. The van der Waals surface area contributed by atoms with Crippen molar-refractivity contribution in [2.75, 3.05) is 47.4 Å². The minimum Gasteiger partial charge on any atom is -0.492 e. The van der Waals surface area contributed by atoms with Gasteiger partial charge in [0.25, 0.3) is 0 Å². The molecule has 0 atom stereocenters. The Morgan fingerprint density at radius 2 is 1.28 bits per heavy atom. The number of allylic oxidation sites excluding steroid dienone is 1. The fraction of sp³-hybridized carbons (Fsp3) is 0.436. The van der Waals surface area contributed by atoms with E-state index in [1.807, 2.05) is 75.4 Å². The van der Waals surface area contributed by atoms with E-state index in [-0.39, 0.29) is 6.09 Å². The van der Waals surface area contributed by atoms with E-state index in [1.54, 1.807) is 19.2 Å². The highest BCUT2D eigenvalue weighted by Crippen LogP contribution is 2.35. The normalized spacial score (nSPS) is 11.9. The van der Waals surface area contributed by atoms with Crippen LogP contribution in [-0.2, 0) is 9.47 Å². The molecule has 8 nitrogen and oxygen atoms in total. The number of carbonyl (C=O) groups excluding carboxylic acids is 2. The van der Waals surface area contributed by atoms with E-state index >= 15 is 0 Å². The Labute approximate surface area is 281 Å². The number of hydrogen-bond acceptors (Lipinski definition) is 7. The highest BCUT2D eigenvalue weighted by molar-refractivity contribution is 5.98. The van der Waals surface area contributed by atoms with Gasteiger partial charge < -0.3 is 28.7 Å². The summed E-state index contributed by atoms with van der Waals surface area (Å²) in [7, 11) is 5.84. The summed E-state index contributed by atoms with van der Waals surface area (Å²) in [6.45, 7) is 9.83. The zero-order valence-corrected chi connectivity index (χ0v) is 29.2. The molecule has 8 heteroatoms. The molecular weight excluding hydrogens is 592 g/mol. The van der Waals surface area contributed by atoms with Gasteiger partial charge >= 0.3 is 12.2 Å².